The Morgan fingerprint density at radius 3 is 2.70 bits per heavy atom. The van der Waals surface area contributed by atoms with Crippen LogP contribution in [-0.4, -0.2) is 20.5 Å². The number of fused-ring (bicyclic) bond motifs is 1. The van der Waals surface area contributed by atoms with Gasteiger partial charge in [0.05, 0.1) is 11.8 Å². The summed E-state index contributed by atoms with van der Waals surface area (Å²) in [6, 6.07) is 6.89. The van der Waals surface area contributed by atoms with Crippen molar-refractivity contribution in [3.05, 3.63) is 45.2 Å². The molecule has 20 heavy (non-hydrogen) atoms. The Kier molecular flexibility index (Phi) is 4.22. The average molecular weight is 311 g/mol. The van der Waals surface area contributed by atoms with Gasteiger partial charge in [-0.05, 0) is 45.0 Å². The Morgan fingerprint density at radius 2 is 2.05 bits per heavy atom. The smallest absolute Gasteiger partial charge is 0.257 e. The van der Waals surface area contributed by atoms with Crippen LogP contribution in [0.3, 0.4) is 0 Å². The first kappa shape index (κ1) is 15.1. The van der Waals surface area contributed by atoms with Gasteiger partial charge in [0.1, 0.15) is 16.1 Å². The first-order chi connectivity index (χ1) is 9.27. The van der Waals surface area contributed by atoms with Crippen molar-refractivity contribution in [1.29, 1.82) is 0 Å². The van der Waals surface area contributed by atoms with Crippen molar-refractivity contribution in [1.82, 2.24) is 4.98 Å². The van der Waals surface area contributed by atoms with Crippen molar-refractivity contribution in [2.75, 3.05) is 0 Å². The summed E-state index contributed by atoms with van der Waals surface area (Å²) in [5, 5.41) is 1.39. The van der Waals surface area contributed by atoms with Gasteiger partial charge in [0.25, 0.3) is 5.56 Å². The quantitative estimate of drug-likeness (QED) is 0.684. The number of nitrogens with one attached hydrogen (secondary N) is 1. The molecule has 0 saturated carbocycles. The highest BCUT2D eigenvalue weighted by Crippen LogP contribution is 2.18. The Labute approximate surface area is 125 Å². The van der Waals surface area contributed by atoms with Crippen LogP contribution < -0.4 is 5.56 Å². The minimum atomic E-state index is -1.39. The molecule has 0 bridgehead atoms. The molecule has 1 N–H and O–H groups in total. The van der Waals surface area contributed by atoms with Gasteiger partial charge in [-0.25, -0.2) is 0 Å². The maximum absolute atomic E-state index is 11.9. The zero-order chi connectivity index (χ0) is 14.9. The molecular formula is C14H15ClN2O2S. The standard InChI is InChI=1S/C14H15ClN2O2S/c1-14(2,3)20(19)16-8-10-6-9-7-11(15)4-5-12(9)17-13(10)18/h4-8H,1-3H3,(H,17,18)/b16-8+/t20-/m0/s1. The molecule has 6 heteroatoms. The van der Waals surface area contributed by atoms with E-state index in [2.05, 4.69) is 9.38 Å². The second-order valence-corrected chi connectivity index (χ2v) is 7.75. The highest BCUT2D eigenvalue weighted by atomic mass is 35.5. The number of H-pyrrole nitrogens is 1. The highest BCUT2D eigenvalue weighted by Gasteiger charge is 2.25. The predicted molar refractivity (Wildman–Crippen MR) is 85.1 cm³/mol. The molecule has 1 aromatic heterocycles. The molecule has 0 aliphatic heterocycles. The molecule has 2 rings (SSSR count). The first-order valence-corrected chi connectivity index (χ1v) is 7.54. The van der Waals surface area contributed by atoms with Crippen molar-refractivity contribution in [3.63, 3.8) is 0 Å². The van der Waals surface area contributed by atoms with Crippen LogP contribution >= 0.6 is 11.6 Å². The minimum Gasteiger partial charge on any atom is -0.591 e. The van der Waals surface area contributed by atoms with E-state index in [9.17, 15) is 9.35 Å². The summed E-state index contributed by atoms with van der Waals surface area (Å²) in [6.07, 6.45) is 1.35. The average Bonchev–Trinajstić information content (AvgIpc) is 2.35. The van der Waals surface area contributed by atoms with E-state index in [4.69, 9.17) is 11.6 Å². The molecule has 1 atom stereocenters. The van der Waals surface area contributed by atoms with Crippen LogP contribution in [-0.2, 0) is 11.4 Å². The monoisotopic (exact) mass is 310 g/mol. The fourth-order valence-corrected chi connectivity index (χ4v) is 2.26. The normalized spacial score (nSPS) is 14.1. The number of aromatic nitrogens is 1. The summed E-state index contributed by atoms with van der Waals surface area (Å²) in [5.74, 6) is 0. The van der Waals surface area contributed by atoms with E-state index in [0.717, 1.165) is 5.39 Å². The molecule has 0 unspecified atom stereocenters. The number of halogens is 1. The van der Waals surface area contributed by atoms with Gasteiger partial charge < -0.3 is 9.54 Å². The summed E-state index contributed by atoms with van der Waals surface area (Å²) >= 11 is 4.53. The van der Waals surface area contributed by atoms with E-state index in [0.29, 0.717) is 16.1 Å². The van der Waals surface area contributed by atoms with Crippen molar-refractivity contribution >= 4 is 40.1 Å². The van der Waals surface area contributed by atoms with Gasteiger partial charge in [-0.3, -0.25) is 4.79 Å². The molecule has 0 spiro atoms. The zero-order valence-electron chi connectivity index (χ0n) is 11.4. The molecule has 0 aliphatic rings. The molecule has 0 saturated heterocycles. The van der Waals surface area contributed by atoms with Crippen molar-refractivity contribution in [2.24, 2.45) is 4.40 Å². The Bertz CT molecular complexity index is 719. The summed E-state index contributed by atoms with van der Waals surface area (Å²) in [4.78, 5) is 14.6. The van der Waals surface area contributed by atoms with Gasteiger partial charge >= 0.3 is 0 Å². The number of rotatable bonds is 2. The van der Waals surface area contributed by atoms with E-state index in [-0.39, 0.29) is 5.56 Å². The van der Waals surface area contributed by atoms with Crippen LogP contribution in [0, 0.1) is 0 Å². The maximum Gasteiger partial charge on any atom is 0.257 e. The molecule has 0 radical (unpaired) electrons. The number of hydrogen-bond donors (Lipinski definition) is 1. The van der Waals surface area contributed by atoms with Crippen LogP contribution in [0.2, 0.25) is 5.02 Å². The van der Waals surface area contributed by atoms with E-state index in [1.165, 1.54) is 6.21 Å². The van der Waals surface area contributed by atoms with E-state index >= 15 is 0 Å². The van der Waals surface area contributed by atoms with Crippen molar-refractivity contribution in [3.8, 4) is 0 Å². The fourth-order valence-electron chi connectivity index (χ4n) is 1.55. The van der Waals surface area contributed by atoms with Crippen molar-refractivity contribution < 1.29 is 4.55 Å². The lowest BCUT2D eigenvalue weighted by Crippen LogP contribution is -2.26. The molecule has 106 valence electrons. The molecule has 0 fully saturated rings. The topological polar surface area (TPSA) is 68.3 Å². The van der Waals surface area contributed by atoms with Gasteiger partial charge in [-0.2, -0.15) is 0 Å². The Morgan fingerprint density at radius 1 is 1.35 bits per heavy atom. The predicted octanol–water partition coefficient (Wildman–Crippen LogP) is 3.06. The van der Waals surface area contributed by atoms with E-state index < -0.39 is 16.1 Å². The second kappa shape index (κ2) is 5.60. The van der Waals surface area contributed by atoms with Crippen LogP contribution in [0.15, 0.2) is 33.5 Å². The summed E-state index contributed by atoms with van der Waals surface area (Å²) in [5.41, 5.74) is 0.792. The summed E-state index contributed by atoms with van der Waals surface area (Å²) in [6.45, 7) is 5.47. The van der Waals surface area contributed by atoms with E-state index in [1.54, 1.807) is 24.3 Å². The highest BCUT2D eigenvalue weighted by molar-refractivity contribution is 7.91. The van der Waals surface area contributed by atoms with Crippen molar-refractivity contribution in [2.45, 2.75) is 25.5 Å². The van der Waals surface area contributed by atoms with Crippen LogP contribution in [0.5, 0.6) is 0 Å². The Hall–Kier alpha value is -1.30. The third-order valence-corrected chi connectivity index (χ3v) is 4.23. The molecule has 1 aromatic carbocycles. The minimum absolute atomic E-state index is 0.269. The number of hydrogen-bond acceptors (Lipinski definition) is 3. The molecule has 4 nitrogen and oxygen atoms in total. The molecule has 0 amide bonds. The lowest BCUT2D eigenvalue weighted by atomic mass is 10.2. The van der Waals surface area contributed by atoms with Gasteiger partial charge in [0, 0.05) is 15.9 Å². The van der Waals surface area contributed by atoms with Gasteiger partial charge in [-0.15, -0.1) is 0 Å². The number of pyridine rings is 1. The third-order valence-electron chi connectivity index (χ3n) is 2.65. The number of benzene rings is 1. The second-order valence-electron chi connectivity index (χ2n) is 5.38. The summed E-state index contributed by atoms with van der Waals surface area (Å²) in [7, 11) is 0. The van der Waals surface area contributed by atoms with Crippen LogP contribution in [0.1, 0.15) is 26.3 Å². The van der Waals surface area contributed by atoms with Crippen LogP contribution in [0.4, 0.5) is 0 Å². The maximum atomic E-state index is 11.9. The number of nitrogens with zero attached hydrogens (tertiary/aromatic N) is 1. The summed E-state index contributed by atoms with van der Waals surface area (Å²) < 4.78 is 15.3. The molecule has 1 heterocycles. The fraction of sp³-hybridized carbons (Fsp3) is 0.286. The van der Waals surface area contributed by atoms with Gasteiger partial charge in [0.15, 0.2) is 0 Å². The lowest BCUT2D eigenvalue weighted by molar-refractivity contribution is 0.562. The SMILES string of the molecule is CC(C)(C)[S@+]([O-])/N=C/c1cc2cc(Cl)ccc2[nH]c1=O. The van der Waals surface area contributed by atoms with Gasteiger partial charge in [0.2, 0.25) is 0 Å². The Balaban J connectivity index is 2.42. The molecular weight excluding hydrogens is 296 g/mol. The van der Waals surface area contributed by atoms with Crippen LogP contribution in [0.25, 0.3) is 10.9 Å². The largest absolute Gasteiger partial charge is 0.591 e. The third kappa shape index (κ3) is 3.42. The lowest BCUT2D eigenvalue weighted by Gasteiger charge is -2.17. The zero-order valence-corrected chi connectivity index (χ0v) is 13.0. The molecule has 0 aliphatic carbocycles. The van der Waals surface area contributed by atoms with Gasteiger partial charge in [-0.1, -0.05) is 16.0 Å². The number of aromatic amines is 1. The molecule has 2 aromatic rings. The first-order valence-electron chi connectivity index (χ1n) is 6.06. The van der Waals surface area contributed by atoms with E-state index in [1.807, 2.05) is 20.8 Å².